The molecule has 22 heavy (non-hydrogen) atoms. The largest absolute Gasteiger partial charge is 0.379 e. The molecule has 6 nitrogen and oxygen atoms in total. The maximum absolute atomic E-state index is 12.0. The number of rotatable bonds is 5. The van der Waals surface area contributed by atoms with Crippen LogP contribution < -0.4 is 10.2 Å². The van der Waals surface area contributed by atoms with Crippen LogP contribution in [0.4, 0.5) is 5.69 Å². The smallest absolute Gasteiger partial charge is 0.316 e. The zero-order chi connectivity index (χ0) is 15.8. The predicted molar refractivity (Wildman–Crippen MR) is 84.7 cm³/mol. The highest BCUT2D eigenvalue weighted by Crippen LogP contribution is 2.10. The van der Waals surface area contributed by atoms with Gasteiger partial charge in [-0.05, 0) is 25.1 Å². The summed E-state index contributed by atoms with van der Waals surface area (Å²) in [7, 11) is 1.60. The van der Waals surface area contributed by atoms with E-state index in [2.05, 4.69) is 10.2 Å². The number of carbonyl (C=O) groups excluding carboxylic acids is 2. The molecule has 1 saturated heterocycles. The molecule has 1 fully saturated rings. The van der Waals surface area contributed by atoms with Crippen LogP contribution in [0.2, 0.25) is 0 Å². The third kappa shape index (κ3) is 4.82. The van der Waals surface area contributed by atoms with Crippen LogP contribution in [0, 0.1) is 0 Å². The summed E-state index contributed by atoms with van der Waals surface area (Å²) in [6, 6.07) is 9.12. The average Bonchev–Trinajstić information content (AvgIpc) is 2.59. The number of likely N-dealkylation sites (N-methyl/N-ethyl adjacent to an activating group) is 1. The lowest BCUT2D eigenvalue weighted by molar-refractivity contribution is -0.137. The summed E-state index contributed by atoms with van der Waals surface area (Å²) in [5, 5.41) is 2.68. The first kappa shape index (κ1) is 16.5. The molecule has 120 valence electrons. The molecule has 0 aliphatic carbocycles. The fourth-order valence-corrected chi connectivity index (χ4v) is 2.33. The molecule has 0 spiro atoms. The zero-order valence-corrected chi connectivity index (χ0v) is 13.0. The molecule has 1 aromatic rings. The van der Waals surface area contributed by atoms with Crippen LogP contribution >= 0.6 is 0 Å². The van der Waals surface area contributed by atoms with Crippen LogP contribution in [-0.4, -0.2) is 63.2 Å². The van der Waals surface area contributed by atoms with Gasteiger partial charge in [0.1, 0.15) is 0 Å². The maximum Gasteiger partial charge on any atom is 0.316 e. The first-order chi connectivity index (χ1) is 10.7. The molecule has 1 aromatic carbocycles. The van der Waals surface area contributed by atoms with Crippen molar-refractivity contribution in [3.63, 3.8) is 0 Å². The molecule has 0 bridgehead atoms. The van der Waals surface area contributed by atoms with Gasteiger partial charge in [-0.2, -0.15) is 0 Å². The number of amides is 2. The zero-order valence-electron chi connectivity index (χ0n) is 13.0. The van der Waals surface area contributed by atoms with Crippen molar-refractivity contribution in [2.45, 2.75) is 6.42 Å². The van der Waals surface area contributed by atoms with Gasteiger partial charge < -0.3 is 15.0 Å². The van der Waals surface area contributed by atoms with Gasteiger partial charge in [-0.15, -0.1) is 0 Å². The van der Waals surface area contributed by atoms with Gasteiger partial charge in [0.2, 0.25) is 0 Å². The summed E-state index contributed by atoms with van der Waals surface area (Å²) in [5.41, 5.74) is 0.705. The molecule has 2 amide bonds. The van der Waals surface area contributed by atoms with Gasteiger partial charge in [0.05, 0.1) is 13.2 Å². The predicted octanol–water partition coefficient (Wildman–Crippen LogP) is 0.488. The first-order valence-electron chi connectivity index (χ1n) is 7.59. The summed E-state index contributed by atoms with van der Waals surface area (Å²) in [5.74, 6) is -1.11. The van der Waals surface area contributed by atoms with Crippen molar-refractivity contribution in [3.8, 4) is 0 Å². The Labute approximate surface area is 131 Å². The molecule has 0 aromatic heterocycles. The standard InChI is InChI=1S/C16H23N3O3/c1-18(14-6-3-2-4-7-14)16(21)15(20)17-8-5-9-19-10-12-22-13-11-19/h2-4,6-7H,5,8-13H2,1H3,(H,17,20). The van der Waals surface area contributed by atoms with E-state index < -0.39 is 11.8 Å². The van der Waals surface area contributed by atoms with Crippen molar-refractivity contribution in [2.75, 3.05) is 51.3 Å². The van der Waals surface area contributed by atoms with E-state index in [-0.39, 0.29) is 0 Å². The lowest BCUT2D eigenvalue weighted by atomic mass is 10.3. The minimum absolute atomic E-state index is 0.505. The van der Waals surface area contributed by atoms with Crippen molar-refractivity contribution in [1.29, 1.82) is 0 Å². The van der Waals surface area contributed by atoms with Gasteiger partial charge in [0.15, 0.2) is 0 Å². The van der Waals surface area contributed by atoms with E-state index in [1.54, 1.807) is 19.2 Å². The molecule has 1 heterocycles. The Balaban J connectivity index is 1.69. The van der Waals surface area contributed by atoms with Crippen molar-refractivity contribution in [1.82, 2.24) is 10.2 Å². The third-order valence-corrected chi connectivity index (χ3v) is 3.68. The van der Waals surface area contributed by atoms with Gasteiger partial charge in [-0.3, -0.25) is 14.5 Å². The highest BCUT2D eigenvalue weighted by atomic mass is 16.5. The van der Waals surface area contributed by atoms with Gasteiger partial charge in [0.25, 0.3) is 0 Å². The van der Waals surface area contributed by atoms with Crippen LogP contribution in [0.5, 0.6) is 0 Å². The molecular weight excluding hydrogens is 282 g/mol. The molecule has 6 heteroatoms. The molecule has 0 unspecified atom stereocenters. The van der Waals surface area contributed by atoms with E-state index in [4.69, 9.17) is 4.74 Å². The van der Waals surface area contributed by atoms with E-state index in [1.807, 2.05) is 18.2 Å². The number of benzene rings is 1. The van der Waals surface area contributed by atoms with Crippen molar-refractivity contribution in [3.05, 3.63) is 30.3 Å². The molecular formula is C16H23N3O3. The second kappa shape index (κ2) is 8.51. The summed E-state index contributed by atoms with van der Waals surface area (Å²) < 4.78 is 5.28. The fourth-order valence-electron chi connectivity index (χ4n) is 2.33. The van der Waals surface area contributed by atoms with E-state index in [1.165, 1.54) is 4.90 Å². The van der Waals surface area contributed by atoms with Crippen LogP contribution in [0.1, 0.15) is 6.42 Å². The van der Waals surface area contributed by atoms with Crippen molar-refractivity contribution in [2.24, 2.45) is 0 Å². The Bertz CT molecular complexity index is 487. The Morgan fingerprint density at radius 3 is 2.59 bits per heavy atom. The van der Waals surface area contributed by atoms with E-state index in [0.717, 1.165) is 39.3 Å². The lowest BCUT2D eigenvalue weighted by Crippen LogP contribution is -2.42. The number of nitrogens with one attached hydrogen (secondary N) is 1. The fraction of sp³-hybridized carbons (Fsp3) is 0.500. The van der Waals surface area contributed by atoms with Crippen molar-refractivity contribution < 1.29 is 14.3 Å². The number of para-hydroxylation sites is 1. The van der Waals surface area contributed by atoms with Gasteiger partial charge in [0, 0.05) is 32.4 Å². The van der Waals surface area contributed by atoms with Crippen LogP contribution in [-0.2, 0) is 14.3 Å². The number of nitrogens with zero attached hydrogens (tertiary/aromatic N) is 2. The quantitative estimate of drug-likeness (QED) is 0.635. The lowest BCUT2D eigenvalue weighted by Gasteiger charge is -2.26. The second-order valence-corrected chi connectivity index (χ2v) is 5.26. The Morgan fingerprint density at radius 2 is 1.91 bits per heavy atom. The van der Waals surface area contributed by atoms with Gasteiger partial charge >= 0.3 is 11.8 Å². The maximum atomic E-state index is 12.0. The van der Waals surface area contributed by atoms with E-state index in [0.29, 0.717) is 12.2 Å². The van der Waals surface area contributed by atoms with Crippen LogP contribution in [0.15, 0.2) is 30.3 Å². The highest BCUT2D eigenvalue weighted by Gasteiger charge is 2.19. The Hall–Kier alpha value is -1.92. The molecule has 0 radical (unpaired) electrons. The summed E-state index contributed by atoms with van der Waals surface area (Å²) in [4.78, 5) is 27.6. The summed E-state index contributed by atoms with van der Waals surface area (Å²) in [6.07, 6.45) is 0.827. The number of carbonyl (C=O) groups is 2. The molecule has 1 aliphatic heterocycles. The second-order valence-electron chi connectivity index (χ2n) is 5.26. The first-order valence-corrected chi connectivity index (χ1v) is 7.59. The topological polar surface area (TPSA) is 61.9 Å². The monoisotopic (exact) mass is 305 g/mol. The van der Waals surface area contributed by atoms with Crippen molar-refractivity contribution >= 4 is 17.5 Å². The Kier molecular flexibility index (Phi) is 6.36. The molecule has 1 aliphatic rings. The normalized spacial score (nSPS) is 15.3. The minimum atomic E-state index is -0.562. The molecule has 0 atom stereocenters. The minimum Gasteiger partial charge on any atom is -0.379 e. The molecule has 2 rings (SSSR count). The number of morpholine rings is 1. The average molecular weight is 305 g/mol. The number of hydrogen-bond donors (Lipinski definition) is 1. The molecule has 1 N–H and O–H groups in total. The number of anilines is 1. The van der Waals surface area contributed by atoms with Crippen LogP contribution in [0.3, 0.4) is 0 Å². The summed E-state index contributed by atoms with van der Waals surface area (Å²) >= 11 is 0. The van der Waals surface area contributed by atoms with E-state index >= 15 is 0 Å². The highest BCUT2D eigenvalue weighted by molar-refractivity contribution is 6.40. The number of ether oxygens (including phenoxy) is 1. The van der Waals surface area contributed by atoms with Gasteiger partial charge in [-0.25, -0.2) is 0 Å². The SMILES string of the molecule is CN(C(=O)C(=O)NCCCN1CCOCC1)c1ccccc1. The van der Waals surface area contributed by atoms with Gasteiger partial charge in [-0.1, -0.05) is 18.2 Å². The number of hydrogen-bond acceptors (Lipinski definition) is 4. The third-order valence-electron chi connectivity index (χ3n) is 3.68. The molecule has 0 saturated carbocycles. The summed E-state index contributed by atoms with van der Waals surface area (Å²) in [6.45, 7) is 4.82. The van der Waals surface area contributed by atoms with E-state index in [9.17, 15) is 9.59 Å². The van der Waals surface area contributed by atoms with Crippen LogP contribution in [0.25, 0.3) is 0 Å². The Morgan fingerprint density at radius 1 is 1.23 bits per heavy atom.